The standard InChI is InChI=1S/C21H26N4O3/c1-23(2)18-10-8-16(9-11-18)20(24-12-3-4-13-24)15-22-21(26)17-6-5-7-19(14-17)25(27)28/h5-11,14,20H,3-4,12-13,15H2,1-2H3,(H,22,26)/p+1/t20-/m1/s1. The number of benzene rings is 2. The van der Waals surface area contributed by atoms with E-state index in [0.29, 0.717) is 12.1 Å². The van der Waals surface area contributed by atoms with Crippen LogP contribution < -0.4 is 15.1 Å². The topological polar surface area (TPSA) is 79.9 Å². The van der Waals surface area contributed by atoms with E-state index >= 15 is 0 Å². The van der Waals surface area contributed by atoms with E-state index in [-0.39, 0.29) is 17.6 Å². The van der Waals surface area contributed by atoms with Crippen molar-refractivity contribution < 1.29 is 14.6 Å². The van der Waals surface area contributed by atoms with E-state index in [1.54, 1.807) is 6.07 Å². The molecular weight excluding hydrogens is 356 g/mol. The van der Waals surface area contributed by atoms with Crippen LogP contribution in [0.3, 0.4) is 0 Å². The highest BCUT2D eigenvalue weighted by Crippen LogP contribution is 2.18. The number of amides is 1. The Bertz CT molecular complexity index is 830. The number of anilines is 1. The Labute approximate surface area is 165 Å². The summed E-state index contributed by atoms with van der Waals surface area (Å²) in [5.41, 5.74) is 2.57. The van der Waals surface area contributed by atoms with Crippen molar-refractivity contribution in [2.75, 3.05) is 38.6 Å². The van der Waals surface area contributed by atoms with E-state index in [4.69, 9.17) is 0 Å². The Kier molecular flexibility index (Phi) is 6.26. The average Bonchev–Trinajstić information content (AvgIpc) is 3.23. The van der Waals surface area contributed by atoms with Gasteiger partial charge in [0.05, 0.1) is 24.6 Å². The Morgan fingerprint density at radius 1 is 1.18 bits per heavy atom. The van der Waals surface area contributed by atoms with Crippen molar-refractivity contribution in [1.29, 1.82) is 0 Å². The number of quaternary nitrogens is 1. The van der Waals surface area contributed by atoms with Gasteiger partial charge in [0.25, 0.3) is 11.6 Å². The van der Waals surface area contributed by atoms with Gasteiger partial charge in [0.15, 0.2) is 0 Å². The van der Waals surface area contributed by atoms with Crippen molar-refractivity contribution in [2.45, 2.75) is 18.9 Å². The van der Waals surface area contributed by atoms with Crippen LogP contribution in [-0.4, -0.2) is 44.6 Å². The summed E-state index contributed by atoms with van der Waals surface area (Å²) < 4.78 is 0. The Morgan fingerprint density at radius 2 is 1.86 bits per heavy atom. The molecule has 2 aromatic rings. The second-order valence-corrected chi connectivity index (χ2v) is 7.42. The highest BCUT2D eigenvalue weighted by Gasteiger charge is 2.28. The van der Waals surface area contributed by atoms with Crippen LogP contribution in [0, 0.1) is 10.1 Å². The van der Waals surface area contributed by atoms with Gasteiger partial charge >= 0.3 is 0 Å². The van der Waals surface area contributed by atoms with E-state index in [9.17, 15) is 14.9 Å². The summed E-state index contributed by atoms with van der Waals surface area (Å²) >= 11 is 0. The molecule has 3 rings (SSSR count). The molecule has 0 aromatic heterocycles. The average molecular weight is 383 g/mol. The van der Waals surface area contributed by atoms with Gasteiger partial charge in [-0.15, -0.1) is 0 Å². The predicted molar refractivity (Wildman–Crippen MR) is 109 cm³/mol. The number of carbonyl (C=O) groups is 1. The van der Waals surface area contributed by atoms with Crippen LogP contribution in [0.15, 0.2) is 48.5 Å². The molecular formula is C21H27N4O3+. The molecule has 0 spiro atoms. The van der Waals surface area contributed by atoms with Gasteiger partial charge in [-0.25, -0.2) is 0 Å². The van der Waals surface area contributed by atoms with Crippen molar-refractivity contribution >= 4 is 17.3 Å². The van der Waals surface area contributed by atoms with Gasteiger partial charge in [-0.05, 0) is 18.2 Å². The predicted octanol–water partition coefficient (Wildman–Crippen LogP) is 1.81. The molecule has 0 aliphatic carbocycles. The van der Waals surface area contributed by atoms with E-state index in [1.165, 1.54) is 41.5 Å². The van der Waals surface area contributed by atoms with Crippen LogP contribution in [-0.2, 0) is 0 Å². The van der Waals surface area contributed by atoms with Crippen LogP contribution in [0.5, 0.6) is 0 Å². The number of hydrogen-bond donors (Lipinski definition) is 2. The Balaban J connectivity index is 1.74. The molecule has 1 aliphatic heterocycles. The number of carbonyl (C=O) groups excluding carboxylic acids is 1. The fourth-order valence-corrected chi connectivity index (χ4v) is 3.74. The second kappa shape index (κ2) is 8.84. The highest BCUT2D eigenvalue weighted by molar-refractivity contribution is 5.94. The maximum atomic E-state index is 12.6. The molecule has 1 heterocycles. The minimum Gasteiger partial charge on any atom is -0.378 e. The van der Waals surface area contributed by atoms with Crippen molar-refractivity contribution in [3.63, 3.8) is 0 Å². The van der Waals surface area contributed by atoms with E-state index in [1.807, 2.05) is 14.1 Å². The summed E-state index contributed by atoms with van der Waals surface area (Å²) in [5, 5.41) is 13.9. The Hall–Kier alpha value is -2.93. The van der Waals surface area contributed by atoms with Gasteiger partial charge in [0.2, 0.25) is 0 Å². The van der Waals surface area contributed by atoms with Gasteiger partial charge < -0.3 is 15.1 Å². The summed E-state index contributed by atoms with van der Waals surface area (Å²) in [4.78, 5) is 26.6. The molecule has 1 atom stereocenters. The molecule has 0 saturated carbocycles. The highest BCUT2D eigenvalue weighted by atomic mass is 16.6. The van der Waals surface area contributed by atoms with Crippen LogP contribution in [0.4, 0.5) is 11.4 Å². The van der Waals surface area contributed by atoms with E-state index in [2.05, 4.69) is 34.5 Å². The van der Waals surface area contributed by atoms with Crippen molar-refractivity contribution in [1.82, 2.24) is 5.32 Å². The lowest BCUT2D eigenvalue weighted by Crippen LogP contribution is -3.11. The molecule has 2 aromatic carbocycles. The number of nitrogens with one attached hydrogen (secondary N) is 2. The zero-order valence-corrected chi connectivity index (χ0v) is 16.4. The summed E-state index contributed by atoms with van der Waals surface area (Å²) in [6, 6.07) is 14.5. The first-order valence-electron chi connectivity index (χ1n) is 9.60. The smallest absolute Gasteiger partial charge is 0.270 e. The number of nitro benzene ring substituents is 1. The summed E-state index contributed by atoms with van der Waals surface area (Å²) in [7, 11) is 4.02. The summed E-state index contributed by atoms with van der Waals surface area (Å²) in [6.07, 6.45) is 2.39. The molecule has 2 N–H and O–H groups in total. The lowest BCUT2D eigenvalue weighted by Gasteiger charge is -2.26. The molecule has 0 bridgehead atoms. The number of rotatable bonds is 7. The van der Waals surface area contributed by atoms with Crippen LogP contribution in [0.2, 0.25) is 0 Å². The number of nitrogens with zero attached hydrogens (tertiary/aromatic N) is 2. The second-order valence-electron chi connectivity index (χ2n) is 7.42. The minimum atomic E-state index is -0.486. The zero-order valence-electron chi connectivity index (χ0n) is 16.4. The molecule has 1 amide bonds. The normalized spacial score (nSPS) is 15.2. The lowest BCUT2D eigenvalue weighted by molar-refractivity contribution is -0.918. The maximum absolute atomic E-state index is 12.6. The van der Waals surface area contributed by atoms with Crippen LogP contribution >= 0.6 is 0 Å². The minimum absolute atomic E-state index is 0.0753. The molecule has 1 saturated heterocycles. The largest absolute Gasteiger partial charge is 0.378 e. The number of nitro groups is 1. The first-order valence-corrected chi connectivity index (χ1v) is 9.60. The zero-order chi connectivity index (χ0) is 20.1. The molecule has 0 radical (unpaired) electrons. The molecule has 0 unspecified atom stereocenters. The van der Waals surface area contributed by atoms with Crippen LogP contribution in [0.1, 0.15) is 34.8 Å². The van der Waals surface area contributed by atoms with Gasteiger partial charge in [0.1, 0.15) is 6.04 Å². The lowest BCUT2D eigenvalue weighted by atomic mass is 10.0. The fourth-order valence-electron chi connectivity index (χ4n) is 3.74. The summed E-state index contributed by atoms with van der Waals surface area (Å²) in [6.45, 7) is 2.68. The molecule has 7 heteroatoms. The SMILES string of the molecule is CN(C)c1ccc([C@@H](CNC(=O)c2cccc([N+](=O)[O-])c2)[NH+]2CCCC2)cc1. The van der Waals surface area contributed by atoms with Gasteiger partial charge in [0, 0.05) is 55.9 Å². The van der Waals surface area contributed by atoms with Crippen molar-refractivity contribution in [3.05, 3.63) is 69.8 Å². The monoisotopic (exact) mass is 383 g/mol. The van der Waals surface area contributed by atoms with Gasteiger partial charge in [-0.2, -0.15) is 0 Å². The number of likely N-dealkylation sites (tertiary alicyclic amines) is 1. The number of hydrogen-bond acceptors (Lipinski definition) is 4. The van der Waals surface area contributed by atoms with Gasteiger partial charge in [-0.1, -0.05) is 18.2 Å². The molecule has 1 aliphatic rings. The van der Waals surface area contributed by atoms with Crippen LogP contribution in [0.25, 0.3) is 0 Å². The Morgan fingerprint density at radius 3 is 2.46 bits per heavy atom. The van der Waals surface area contributed by atoms with Gasteiger partial charge in [-0.3, -0.25) is 14.9 Å². The third kappa shape index (κ3) is 4.67. The van der Waals surface area contributed by atoms with Crippen molar-refractivity contribution in [2.24, 2.45) is 0 Å². The fraction of sp³-hybridized carbons (Fsp3) is 0.381. The third-order valence-corrected chi connectivity index (χ3v) is 5.34. The number of non-ortho nitro benzene ring substituents is 1. The molecule has 148 valence electrons. The first kappa shape index (κ1) is 19.8. The summed E-state index contributed by atoms with van der Waals surface area (Å²) in [5.74, 6) is -0.280. The molecule has 7 nitrogen and oxygen atoms in total. The first-order chi connectivity index (χ1) is 13.5. The molecule has 1 fully saturated rings. The third-order valence-electron chi connectivity index (χ3n) is 5.34. The van der Waals surface area contributed by atoms with Crippen molar-refractivity contribution in [3.8, 4) is 0 Å². The van der Waals surface area contributed by atoms with E-state index < -0.39 is 4.92 Å². The molecule has 28 heavy (non-hydrogen) atoms. The maximum Gasteiger partial charge on any atom is 0.270 e. The quantitative estimate of drug-likeness (QED) is 0.565. The van der Waals surface area contributed by atoms with E-state index in [0.717, 1.165) is 18.8 Å².